The maximum absolute atomic E-state index is 13.8. The average Bonchev–Trinajstić information content (AvgIpc) is 3.22. The van der Waals surface area contributed by atoms with Crippen LogP contribution in [-0.2, 0) is 22.6 Å². The first kappa shape index (κ1) is 24.2. The van der Waals surface area contributed by atoms with Crippen molar-refractivity contribution in [2.75, 3.05) is 11.5 Å². The predicted molar refractivity (Wildman–Crippen MR) is 132 cm³/mol. The molecule has 3 aromatic rings. The Morgan fingerprint density at radius 3 is 2.31 bits per heavy atom. The van der Waals surface area contributed by atoms with Crippen molar-refractivity contribution in [3.05, 3.63) is 82.2 Å². The summed E-state index contributed by atoms with van der Waals surface area (Å²) in [4.78, 5) is 41.3. The highest BCUT2D eigenvalue weighted by atomic mass is 16.5. The number of rotatable bonds is 6. The number of aromatic nitrogens is 2. The molecule has 0 spiro atoms. The highest BCUT2D eigenvalue weighted by molar-refractivity contribution is 6.12. The number of nitrogens with one attached hydrogen (secondary N) is 1. The Balaban J connectivity index is 1.74. The number of anilines is 1. The third-order valence-corrected chi connectivity index (χ3v) is 6.17. The number of hydrogen-bond donors (Lipinski definition) is 1. The first-order chi connectivity index (χ1) is 16.6. The van der Waals surface area contributed by atoms with Crippen LogP contribution in [-0.4, -0.2) is 39.7 Å². The number of aryl methyl sites for hydroxylation is 3. The lowest BCUT2D eigenvalue weighted by molar-refractivity contribution is -0.126. The molecular formula is C27H30N4O4. The molecule has 0 aliphatic carbocycles. The molecule has 1 aliphatic rings. The highest BCUT2D eigenvalue weighted by Crippen LogP contribution is 2.34. The van der Waals surface area contributed by atoms with E-state index in [4.69, 9.17) is 4.74 Å². The van der Waals surface area contributed by atoms with Gasteiger partial charge in [0.1, 0.15) is 11.2 Å². The van der Waals surface area contributed by atoms with Gasteiger partial charge in [-0.2, -0.15) is 5.10 Å². The largest absolute Gasteiger partial charge is 0.461 e. The van der Waals surface area contributed by atoms with Gasteiger partial charge in [0.05, 0.1) is 13.2 Å². The molecule has 0 saturated carbocycles. The van der Waals surface area contributed by atoms with Gasteiger partial charge in [-0.1, -0.05) is 35.9 Å². The molecule has 0 radical (unpaired) electrons. The van der Waals surface area contributed by atoms with E-state index in [-0.39, 0.29) is 30.4 Å². The number of ether oxygens (including phenoxy) is 1. The Bertz CT molecular complexity index is 1270. The Morgan fingerprint density at radius 2 is 1.69 bits per heavy atom. The number of carbonyl (C=O) groups excluding carboxylic acids is 3. The molecular weight excluding hydrogens is 444 g/mol. The van der Waals surface area contributed by atoms with Crippen LogP contribution >= 0.6 is 0 Å². The van der Waals surface area contributed by atoms with E-state index in [1.54, 1.807) is 13.8 Å². The zero-order valence-corrected chi connectivity index (χ0v) is 20.7. The van der Waals surface area contributed by atoms with E-state index in [9.17, 15) is 14.4 Å². The summed E-state index contributed by atoms with van der Waals surface area (Å²) in [7, 11) is 0. The minimum absolute atomic E-state index is 0.0416. The molecule has 0 unspecified atom stereocenters. The number of esters is 1. The zero-order chi connectivity index (χ0) is 25.3. The summed E-state index contributed by atoms with van der Waals surface area (Å²) in [6.45, 7) is 9.93. The van der Waals surface area contributed by atoms with E-state index in [1.165, 1.54) is 15.6 Å². The second-order valence-corrected chi connectivity index (χ2v) is 9.22. The van der Waals surface area contributed by atoms with E-state index in [2.05, 4.69) is 10.4 Å². The van der Waals surface area contributed by atoms with Crippen LogP contribution in [0, 0.1) is 20.8 Å². The Labute approximate surface area is 204 Å². The second kappa shape index (κ2) is 9.37. The number of benzene rings is 2. The van der Waals surface area contributed by atoms with Crippen LogP contribution in [0.2, 0.25) is 0 Å². The van der Waals surface area contributed by atoms with Gasteiger partial charge in [0, 0.05) is 18.3 Å². The second-order valence-electron chi connectivity index (χ2n) is 9.22. The smallest absolute Gasteiger partial charge is 0.358 e. The number of fused-ring (bicyclic) bond motifs is 1. The molecule has 0 bridgehead atoms. The van der Waals surface area contributed by atoms with E-state index >= 15 is 0 Å². The van der Waals surface area contributed by atoms with Gasteiger partial charge in [0.25, 0.3) is 5.91 Å². The predicted octanol–water partition coefficient (Wildman–Crippen LogP) is 3.72. The molecule has 1 aliphatic heterocycles. The van der Waals surface area contributed by atoms with E-state index < -0.39 is 17.4 Å². The molecule has 35 heavy (non-hydrogen) atoms. The summed E-state index contributed by atoms with van der Waals surface area (Å²) in [6, 6.07) is 15.1. The fraction of sp³-hybridized carbons (Fsp3) is 0.333. The summed E-state index contributed by atoms with van der Waals surface area (Å²) in [5.74, 6) is -1.33. The minimum Gasteiger partial charge on any atom is -0.461 e. The van der Waals surface area contributed by atoms with Crippen molar-refractivity contribution in [1.82, 2.24) is 15.1 Å². The fourth-order valence-electron chi connectivity index (χ4n) is 4.45. The number of hydrogen-bond acceptors (Lipinski definition) is 5. The monoisotopic (exact) mass is 474 g/mol. The fourth-order valence-corrected chi connectivity index (χ4v) is 4.45. The van der Waals surface area contributed by atoms with Crippen molar-refractivity contribution in [2.24, 2.45) is 0 Å². The van der Waals surface area contributed by atoms with Crippen molar-refractivity contribution in [3.63, 3.8) is 0 Å². The first-order valence-electron chi connectivity index (χ1n) is 11.6. The maximum Gasteiger partial charge on any atom is 0.358 e. The molecule has 2 amide bonds. The van der Waals surface area contributed by atoms with E-state index in [1.807, 2.05) is 63.2 Å². The molecule has 1 N–H and O–H groups in total. The lowest BCUT2D eigenvalue weighted by Gasteiger charge is -2.43. The molecule has 8 heteroatoms. The van der Waals surface area contributed by atoms with Gasteiger partial charge < -0.3 is 10.1 Å². The van der Waals surface area contributed by atoms with Crippen LogP contribution in [0.5, 0.6) is 0 Å². The van der Waals surface area contributed by atoms with Crippen LogP contribution in [0.1, 0.15) is 57.1 Å². The minimum atomic E-state index is -1.28. The maximum atomic E-state index is 13.8. The third-order valence-electron chi connectivity index (χ3n) is 6.17. The molecule has 1 atom stereocenters. The van der Waals surface area contributed by atoms with Crippen molar-refractivity contribution in [2.45, 2.75) is 53.2 Å². The van der Waals surface area contributed by atoms with Gasteiger partial charge in [0.15, 0.2) is 5.69 Å². The molecule has 8 nitrogen and oxygen atoms in total. The SMILES string of the molecule is CCOC(=O)c1cc2n(n1)C[C@](C)(C(=O)NCc1ccc(C)cc1)N(c1cc(C)cc(C)c1)C2=O. The highest BCUT2D eigenvalue weighted by Gasteiger charge is 2.49. The zero-order valence-electron chi connectivity index (χ0n) is 20.7. The van der Waals surface area contributed by atoms with E-state index in [0.29, 0.717) is 12.2 Å². The Kier molecular flexibility index (Phi) is 6.47. The number of carbonyl (C=O) groups is 3. The lowest BCUT2D eigenvalue weighted by Crippen LogP contribution is -2.64. The summed E-state index contributed by atoms with van der Waals surface area (Å²) < 4.78 is 6.49. The van der Waals surface area contributed by atoms with Crippen molar-refractivity contribution < 1.29 is 19.1 Å². The number of nitrogens with zero attached hydrogens (tertiary/aromatic N) is 3. The number of amides is 2. The molecule has 182 valence electrons. The van der Waals surface area contributed by atoms with Crippen LogP contribution in [0.4, 0.5) is 5.69 Å². The van der Waals surface area contributed by atoms with Crippen molar-refractivity contribution >= 4 is 23.5 Å². The average molecular weight is 475 g/mol. The van der Waals surface area contributed by atoms with Gasteiger partial charge in [0.2, 0.25) is 5.91 Å². The first-order valence-corrected chi connectivity index (χ1v) is 11.6. The molecule has 2 heterocycles. The Hall–Kier alpha value is -3.94. The molecule has 1 aromatic heterocycles. The van der Waals surface area contributed by atoms with Crippen molar-refractivity contribution in [3.8, 4) is 0 Å². The van der Waals surface area contributed by atoms with Gasteiger partial charge in [-0.3, -0.25) is 19.2 Å². The third kappa shape index (κ3) is 4.69. The van der Waals surface area contributed by atoms with Gasteiger partial charge >= 0.3 is 5.97 Å². The van der Waals surface area contributed by atoms with Gasteiger partial charge in [-0.15, -0.1) is 0 Å². The van der Waals surface area contributed by atoms with E-state index in [0.717, 1.165) is 22.3 Å². The van der Waals surface area contributed by atoms with Gasteiger partial charge in [-0.05, 0) is 63.4 Å². The summed E-state index contributed by atoms with van der Waals surface area (Å²) >= 11 is 0. The summed E-state index contributed by atoms with van der Waals surface area (Å²) in [5.41, 5.74) is 3.64. The lowest BCUT2D eigenvalue weighted by atomic mass is 9.93. The van der Waals surface area contributed by atoms with Crippen LogP contribution < -0.4 is 10.2 Å². The normalized spacial score (nSPS) is 17.2. The standard InChI is InChI=1S/C27H30N4O4/c1-6-35-25(33)22-14-23-24(32)31(21-12-18(3)11-19(4)13-21)27(5,16-30(23)29-22)26(34)28-15-20-9-7-17(2)8-10-20/h7-14H,6,15-16H2,1-5H3,(H,28,34)/t27-/m1/s1. The molecule has 4 rings (SSSR count). The van der Waals surface area contributed by atoms with Crippen molar-refractivity contribution in [1.29, 1.82) is 0 Å². The molecule has 0 saturated heterocycles. The quantitative estimate of drug-likeness (QED) is 0.550. The molecule has 2 aromatic carbocycles. The van der Waals surface area contributed by atoms with Gasteiger partial charge in [-0.25, -0.2) is 4.79 Å². The van der Waals surface area contributed by atoms with Crippen LogP contribution in [0.15, 0.2) is 48.5 Å². The summed E-state index contributed by atoms with van der Waals surface area (Å²) in [6.07, 6.45) is 0. The molecule has 0 fully saturated rings. The summed E-state index contributed by atoms with van der Waals surface area (Å²) in [5, 5.41) is 7.30. The van der Waals surface area contributed by atoms with Crippen LogP contribution in [0.25, 0.3) is 0 Å². The Morgan fingerprint density at radius 1 is 1.03 bits per heavy atom. The van der Waals surface area contributed by atoms with Crippen LogP contribution in [0.3, 0.4) is 0 Å². The topological polar surface area (TPSA) is 93.5 Å².